The summed E-state index contributed by atoms with van der Waals surface area (Å²) in [5.41, 5.74) is 0.355. The molecule has 6 nitrogen and oxygen atoms in total. The molecule has 0 aromatic heterocycles. The lowest BCUT2D eigenvalue weighted by Crippen LogP contribution is -2.43. The summed E-state index contributed by atoms with van der Waals surface area (Å²) in [5, 5.41) is 14.3. The highest BCUT2D eigenvalue weighted by Gasteiger charge is 2.19. The number of benzene rings is 1. The van der Waals surface area contributed by atoms with Crippen LogP contribution in [0.5, 0.6) is 5.75 Å². The lowest BCUT2D eigenvalue weighted by molar-refractivity contribution is -0.139. The first-order valence-electron chi connectivity index (χ1n) is 6.61. The second kappa shape index (κ2) is 8.36. The van der Waals surface area contributed by atoms with E-state index in [1.807, 2.05) is 6.92 Å². The van der Waals surface area contributed by atoms with Gasteiger partial charge in [-0.3, -0.25) is 0 Å². The zero-order valence-electron chi connectivity index (χ0n) is 12.0. The fraction of sp³-hybridized carbons (Fsp3) is 0.429. The largest absolute Gasteiger partial charge is 0.497 e. The molecule has 1 aromatic carbocycles. The van der Waals surface area contributed by atoms with E-state index in [0.29, 0.717) is 22.9 Å². The Balaban J connectivity index is 2.69. The van der Waals surface area contributed by atoms with Gasteiger partial charge >= 0.3 is 12.0 Å². The number of halogens is 1. The van der Waals surface area contributed by atoms with Crippen LogP contribution in [0.4, 0.5) is 10.5 Å². The minimum absolute atomic E-state index is 0.339. The van der Waals surface area contributed by atoms with Crippen LogP contribution in [0, 0.1) is 0 Å². The number of hydrogen-bond donors (Lipinski definition) is 3. The van der Waals surface area contributed by atoms with Crippen LogP contribution in [0.25, 0.3) is 0 Å². The predicted molar refractivity (Wildman–Crippen MR) is 81.1 cm³/mol. The Morgan fingerprint density at radius 2 is 2.14 bits per heavy atom. The molecule has 21 heavy (non-hydrogen) atoms. The molecule has 0 heterocycles. The van der Waals surface area contributed by atoms with E-state index in [0.717, 1.165) is 12.8 Å². The minimum Gasteiger partial charge on any atom is -0.497 e. The summed E-state index contributed by atoms with van der Waals surface area (Å²) in [6, 6.07) is 3.26. The van der Waals surface area contributed by atoms with Crippen molar-refractivity contribution in [1.29, 1.82) is 0 Å². The van der Waals surface area contributed by atoms with Crippen molar-refractivity contribution in [2.24, 2.45) is 0 Å². The van der Waals surface area contributed by atoms with Crippen LogP contribution in [0.1, 0.15) is 26.2 Å². The lowest BCUT2D eigenvalue weighted by atomic mass is 10.1. The summed E-state index contributed by atoms with van der Waals surface area (Å²) >= 11 is 5.97. The van der Waals surface area contributed by atoms with E-state index in [1.165, 1.54) is 7.11 Å². The number of rotatable bonds is 7. The molecular formula is C14H19ClN2O4. The lowest BCUT2D eigenvalue weighted by Gasteiger charge is -2.15. The molecule has 0 aliphatic heterocycles. The van der Waals surface area contributed by atoms with Gasteiger partial charge in [-0.1, -0.05) is 31.4 Å². The number of carboxylic acids is 1. The zero-order chi connectivity index (χ0) is 15.8. The number of urea groups is 1. The molecule has 1 aromatic rings. The molecule has 0 aliphatic rings. The van der Waals surface area contributed by atoms with Gasteiger partial charge in [-0.15, -0.1) is 0 Å². The molecule has 0 saturated heterocycles. The van der Waals surface area contributed by atoms with Gasteiger partial charge in [-0.25, -0.2) is 9.59 Å². The highest BCUT2D eigenvalue weighted by Crippen LogP contribution is 2.26. The third-order valence-corrected chi connectivity index (χ3v) is 3.20. The monoisotopic (exact) mass is 314 g/mol. The summed E-state index contributed by atoms with van der Waals surface area (Å²) in [7, 11) is 1.50. The summed E-state index contributed by atoms with van der Waals surface area (Å²) in [5.74, 6) is -0.522. The maximum Gasteiger partial charge on any atom is 0.326 e. The number of ether oxygens (including phenoxy) is 1. The van der Waals surface area contributed by atoms with E-state index in [1.54, 1.807) is 18.2 Å². The Kier molecular flexibility index (Phi) is 6.81. The van der Waals surface area contributed by atoms with Gasteiger partial charge in [0, 0.05) is 6.07 Å². The van der Waals surface area contributed by atoms with Gasteiger partial charge in [-0.05, 0) is 18.6 Å². The van der Waals surface area contributed by atoms with Crippen molar-refractivity contribution in [1.82, 2.24) is 5.32 Å². The van der Waals surface area contributed by atoms with Gasteiger partial charge < -0.3 is 20.5 Å². The highest BCUT2D eigenvalue weighted by molar-refractivity contribution is 6.33. The number of carboxylic acid groups (broad SMARTS) is 1. The van der Waals surface area contributed by atoms with Gasteiger partial charge in [0.15, 0.2) is 0 Å². The molecule has 0 radical (unpaired) electrons. The Labute approximate surface area is 128 Å². The normalized spacial score (nSPS) is 11.6. The SMILES string of the molecule is CCCCC(NC(=O)Nc1cc(OC)ccc1Cl)C(=O)O. The van der Waals surface area contributed by atoms with Crippen LogP contribution in [-0.4, -0.2) is 30.3 Å². The van der Waals surface area contributed by atoms with E-state index in [2.05, 4.69) is 10.6 Å². The standard InChI is InChI=1S/C14H19ClN2O4/c1-3-4-5-11(13(18)19)16-14(20)17-12-8-9(21-2)6-7-10(12)15/h6-8,11H,3-5H2,1-2H3,(H,18,19)(H2,16,17,20). The molecule has 0 fully saturated rings. The molecule has 0 bridgehead atoms. The predicted octanol–water partition coefficient (Wildman–Crippen LogP) is 3.11. The molecular weight excluding hydrogens is 296 g/mol. The average molecular weight is 315 g/mol. The number of hydrogen-bond acceptors (Lipinski definition) is 3. The molecule has 1 unspecified atom stereocenters. The van der Waals surface area contributed by atoms with Crippen LogP contribution in [0.3, 0.4) is 0 Å². The molecule has 0 saturated carbocycles. The van der Waals surface area contributed by atoms with Crippen molar-refractivity contribution in [3.05, 3.63) is 23.2 Å². The Bertz CT molecular complexity index is 508. The average Bonchev–Trinajstić information content (AvgIpc) is 2.45. The van der Waals surface area contributed by atoms with Crippen LogP contribution < -0.4 is 15.4 Å². The molecule has 1 rings (SSSR count). The van der Waals surface area contributed by atoms with E-state index in [-0.39, 0.29) is 0 Å². The first kappa shape index (κ1) is 17.1. The van der Waals surface area contributed by atoms with Crippen molar-refractivity contribution in [2.45, 2.75) is 32.2 Å². The summed E-state index contributed by atoms with van der Waals surface area (Å²) in [6.45, 7) is 1.95. The number of nitrogens with one attached hydrogen (secondary N) is 2. The van der Waals surface area contributed by atoms with Crippen LogP contribution >= 0.6 is 11.6 Å². The first-order chi connectivity index (χ1) is 9.97. The third kappa shape index (κ3) is 5.51. The Morgan fingerprint density at radius 3 is 2.71 bits per heavy atom. The number of carbonyl (C=O) groups is 2. The summed E-state index contributed by atoms with van der Waals surface area (Å²) < 4.78 is 5.04. The highest BCUT2D eigenvalue weighted by atomic mass is 35.5. The molecule has 3 N–H and O–H groups in total. The molecule has 0 spiro atoms. The summed E-state index contributed by atoms with van der Waals surface area (Å²) in [4.78, 5) is 22.9. The Morgan fingerprint density at radius 1 is 1.43 bits per heavy atom. The molecule has 116 valence electrons. The van der Waals surface area contributed by atoms with E-state index in [9.17, 15) is 9.59 Å². The fourth-order valence-electron chi connectivity index (χ4n) is 1.71. The topological polar surface area (TPSA) is 87.7 Å². The quantitative estimate of drug-likeness (QED) is 0.721. The Hall–Kier alpha value is -1.95. The van der Waals surface area contributed by atoms with Crippen LogP contribution in [0.2, 0.25) is 5.02 Å². The second-order valence-electron chi connectivity index (χ2n) is 4.48. The third-order valence-electron chi connectivity index (χ3n) is 2.87. The maximum absolute atomic E-state index is 11.9. The fourth-order valence-corrected chi connectivity index (χ4v) is 1.87. The van der Waals surface area contributed by atoms with Crippen molar-refractivity contribution in [2.75, 3.05) is 12.4 Å². The van der Waals surface area contributed by atoms with Crippen molar-refractivity contribution in [3.8, 4) is 5.75 Å². The minimum atomic E-state index is -1.06. The van der Waals surface area contributed by atoms with E-state index >= 15 is 0 Å². The number of unbranched alkanes of at least 4 members (excludes halogenated alkanes) is 1. The second-order valence-corrected chi connectivity index (χ2v) is 4.88. The molecule has 0 aliphatic carbocycles. The number of methoxy groups -OCH3 is 1. The van der Waals surface area contributed by atoms with Gasteiger partial charge in [0.25, 0.3) is 0 Å². The summed E-state index contributed by atoms with van der Waals surface area (Å²) in [6.07, 6.45) is 1.96. The van der Waals surface area contributed by atoms with Crippen molar-refractivity contribution < 1.29 is 19.4 Å². The van der Waals surface area contributed by atoms with Gasteiger partial charge in [0.05, 0.1) is 17.8 Å². The molecule has 7 heteroatoms. The first-order valence-corrected chi connectivity index (χ1v) is 6.99. The number of amides is 2. The number of carbonyl (C=O) groups excluding carboxylic acids is 1. The number of aliphatic carboxylic acids is 1. The van der Waals surface area contributed by atoms with Gasteiger partial charge in [-0.2, -0.15) is 0 Å². The van der Waals surface area contributed by atoms with Crippen LogP contribution in [-0.2, 0) is 4.79 Å². The van der Waals surface area contributed by atoms with Gasteiger partial charge in [0.1, 0.15) is 11.8 Å². The smallest absolute Gasteiger partial charge is 0.326 e. The maximum atomic E-state index is 11.9. The van der Waals surface area contributed by atoms with Gasteiger partial charge in [0.2, 0.25) is 0 Å². The van der Waals surface area contributed by atoms with Crippen LogP contribution in [0.15, 0.2) is 18.2 Å². The number of anilines is 1. The molecule has 2 amide bonds. The zero-order valence-corrected chi connectivity index (χ0v) is 12.7. The van der Waals surface area contributed by atoms with Crippen molar-refractivity contribution in [3.63, 3.8) is 0 Å². The van der Waals surface area contributed by atoms with E-state index < -0.39 is 18.0 Å². The van der Waals surface area contributed by atoms with Crippen molar-refractivity contribution >= 4 is 29.3 Å². The molecule has 1 atom stereocenters. The van der Waals surface area contributed by atoms with E-state index in [4.69, 9.17) is 21.4 Å².